The molecule has 9 heteroatoms. The molecule has 0 saturated heterocycles. The van der Waals surface area contributed by atoms with Crippen LogP contribution in [-0.4, -0.2) is 23.7 Å². The summed E-state index contributed by atoms with van der Waals surface area (Å²) in [7, 11) is 1.47. The van der Waals surface area contributed by atoms with Gasteiger partial charge in [0.25, 0.3) is 11.6 Å². The monoisotopic (exact) mass is 444 g/mol. The number of hydrogen-bond donors (Lipinski definition) is 1. The van der Waals surface area contributed by atoms with Crippen LogP contribution in [0.15, 0.2) is 60.7 Å². The Kier molecular flexibility index (Phi) is 6.34. The van der Waals surface area contributed by atoms with Crippen molar-refractivity contribution in [3.63, 3.8) is 0 Å². The predicted octanol–water partition coefficient (Wildman–Crippen LogP) is 5.39. The van der Waals surface area contributed by atoms with Crippen LogP contribution in [0.3, 0.4) is 0 Å². The van der Waals surface area contributed by atoms with Crippen LogP contribution in [0, 0.1) is 10.1 Å². The highest BCUT2D eigenvalue weighted by Crippen LogP contribution is 2.29. The number of hydrogen-bond acceptors (Lipinski definition) is 5. The van der Waals surface area contributed by atoms with E-state index < -0.39 is 22.3 Å². The van der Waals surface area contributed by atoms with Crippen LogP contribution >= 0.6 is 23.2 Å². The topological polar surface area (TPSA) is 98.5 Å². The van der Waals surface area contributed by atoms with E-state index in [1.807, 2.05) is 0 Å². The number of anilines is 1. The van der Waals surface area contributed by atoms with E-state index in [9.17, 15) is 19.7 Å². The molecule has 0 fully saturated rings. The van der Waals surface area contributed by atoms with Crippen molar-refractivity contribution in [1.29, 1.82) is 0 Å². The molecule has 0 bridgehead atoms. The van der Waals surface area contributed by atoms with Gasteiger partial charge in [0, 0.05) is 22.9 Å². The molecule has 0 aromatic heterocycles. The van der Waals surface area contributed by atoms with E-state index in [2.05, 4.69) is 5.32 Å². The fourth-order valence-electron chi connectivity index (χ4n) is 2.77. The van der Waals surface area contributed by atoms with Crippen LogP contribution in [0.25, 0.3) is 0 Å². The number of nitro benzene ring substituents is 1. The zero-order chi connectivity index (χ0) is 21.8. The second-order valence-corrected chi connectivity index (χ2v) is 6.92. The van der Waals surface area contributed by atoms with Gasteiger partial charge in [-0.15, -0.1) is 0 Å². The molecule has 0 aliphatic carbocycles. The first-order valence-corrected chi connectivity index (χ1v) is 9.30. The minimum atomic E-state index is -0.675. The number of carbonyl (C=O) groups excluding carboxylic acids is 2. The first-order valence-electron chi connectivity index (χ1n) is 8.54. The number of ether oxygens (including phenoxy) is 1. The SMILES string of the molecule is COc1ccc(NC(=O)c2ccccc2C(=O)c2ccc(Cl)c([N+](=O)[O-])c2)cc1Cl. The van der Waals surface area contributed by atoms with E-state index in [-0.39, 0.29) is 21.7 Å². The molecule has 3 aromatic rings. The maximum absolute atomic E-state index is 13.0. The molecule has 0 heterocycles. The lowest BCUT2D eigenvalue weighted by molar-refractivity contribution is -0.384. The van der Waals surface area contributed by atoms with E-state index in [0.717, 1.165) is 6.07 Å². The second kappa shape index (κ2) is 8.94. The maximum atomic E-state index is 13.0. The van der Waals surface area contributed by atoms with Gasteiger partial charge < -0.3 is 10.1 Å². The Hall–Kier alpha value is -3.42. The summed E-state index contributed by atoms with van der Waals surface area (Å²) in [6.07, 6.45) is 0. The zero-order valence-corrected chi connectivity index (χ0v) is 17.0. The Morgan fingerprint density at radius 1 is 0.967 bits per heavy atom. The lowest BCUT2D eigenvalue weighted by Crippen LogP contribution is -2.17. The number of halogens is 2. The summed E-state index contributed by atoms with van der Waals surface area (Å²) < 4.78 is 5.08. The molecular formula is C21H14Cl2N2O5. The first-order chi connectivity index (χ1) is 14.3. The van der Waals surface area contributed by atoms with Gasteiger partial charge in [-0.25, -0.2) is 0 Å². The summed E-state index contributed by atoms with van der Waals surface area (Å²) in [5.41, 5.74) is 0.254. The Morgan fingerprint density at radius 2 is 1.67 bits per heavy atom. The van der Waals surface area contributed by atoms with Gasteiger partial charge in [0.15, 0.2) is 5.78 Å². The molecular weight excluding hydrogens is 431 g/mol. The van der Waals surface area contributed by atoms with Crippen molar-refractivity contribution < 1.29 is 19.2 Å². The number of nitro groups is 1. The molecule has 3 aromatic carbocycles. The number of amides is 1. The minimum absolute atomic E-state index is 0.0406. The summed E-state index contributed by atoms with van der Waals surface area (Å²) >= 11 is 11.9. The standard InChI is InChI=1S/C21H14Cl2N2O5/c1-30-19-9-7-13(11-17(19)23)24-21(27)15-5-3-2-4-14(15)20(26)12-6-8-16(22)18(10-12)25(28)29/h2-11H,1H3,(H,24,27). The molecule has 0 atom stereocenters. The van der Waals surface area contributed by atoms with Crippen molar-refractivity contribution in [2.45, 2.75) is 0 Å². The first kappa shape index (κ1) is 21.3. The quantitative estimate of drug-likeness (QED) is 0.312. The van der Waals surface area contributed by atoms with Crippen LogP contribution < -0.4 is 10.1 Å². The second-order valence-electron chi connectivity index (χ2n) is 6.10. The van der Waals surface area contributed by atoms with Gasteiger partial charge in [-0.2, -0.15) is 0 Å². The fraction of sp³-hybridized carbons (Fsp3) is 0.0476. The van der Waals surface area contributed by atoms with Crippen LogP contribution in [0.1, 0.15) is 26.3 Å². The maximum Gasteiger partial charge on any atom is 0.288 e. The number of rotatable bonds is 6. The van der Waals surface area contributed by atoms with Crippen LogP contribution in [0.4, 0.5) is 11.4 Å². The molecule has 152 valence electrons. The number of nitrogens with zero attached hydrogens (tertiary/aromatic N) is 1. The van der Waals surface area contributed by atoms with Gasteiger partial charge >= 0.3 is 0 Å². The number of methoxy groups -OCH3 is 1. The third-order valence-corrected chi connectivity index (χ3v) is 4.85. The third kappa shape index (κ3) is 4.42. The highest BCUT2D eigenvalue weighted by atomic mass is 35.5. The molecule has 30 heavy (non-hydrogen) atoms. The summed E-state index contributed by atoms with van der Waals surface area (Å²) in [6, 6.07) is 14.6. The minimum Gasteiger partial charge on any atom is -0.495 e. The van der Waals surface area contributed by atoms with Crippen molar-refractivity contribution >= 4 is 46.3 Å². The molecule has 0 unspecified atom stereocenters. The average molecular weight is 445 g/mol. The van der Waals surface area contributed by atoms with Crippen molar-refractivity contribution in [3.8, 4) is 5.75 Å². The molecule has 0 radical (unpaired) electrons. The van der Waals surface area contributed by atoms with E-state index in [1.54, 1.807) is 24.3 Å². The zero-order valence-electron chi connectivity index (χ0n) is 15.5. The average Bonchev–Trinajstić information content (AvgIpc) is 2.73. The van der Waals surface area contributed by atoms with Gasteiger partial charge in [-0.1, -0.05) is 41.4 Å². The Balaban J connectivity index is 1.93. The fourth-order valence-corrected chi connectivity index (χ4v) is 3.22. The summed E-state index contributed by atoms with van der Waals surface area (Å²) in [5.74, 6) is -0.633. The largest absolute Gasteiger partial charge is 0.495 e. The molecule has 3 rings (SSSR count). The van der Waals surface area contributed by atoms with Crippen LogP contribution in [-0.2, 0) is 0 Å². The van der Waals surface area contributed by atoms with E-state index >= 15 is 0 Å². The highest BCUT2D eigenvalue weighted by molar-refractivity contribution is 6.33. The van der Waals surface area contributed by atoms with Crippen LogP contribution in [0.2, 0.25) is 10.0 Å². The van der Waals surface area contributed by atoms with Gasteiger partial charge in [0.05, 0.1) is 22.6 Å². The number of ketones is 1. The van der Waals surface area contributed by atoms with E-state index in [0.29, 0.717) is 16.5 Å². The van der Waals surface area contributed by atoms with Gasteiger partial charge in [0.2, 0.25) is 0 Å². The lowest BCUT2D eigenvalue weighted by Gasteiger charge is -2.11. The van der Waals surface area contributed by atoms with Gasteiger partial charge in [0.1, 0.15) is 10.8 Å². The number of benzene rings is 3. The van der Waals surface area contributed by atoms with Gasteiger partial charge in [-0.05, 0) is 36.4 Å². The highest BCUT2D eigenvalue weighted by Gasteiger charge is 2.21. The molecule has 0 aliphatic rings. The van der Waals surface area contributed by atoms with Gasteiger partial charge in [-0.3, -0.25) is 19.7 Å². The molecule has 1 amide bonds. The van der Waals surface area contributed by atoms with Crippen molar-refractivity contribution in [3.05, 3.63) is 97.5 Å². The van der Waals surface area contributed by atoms with Crippen LogP contribution in [0.5, 0.6) is 5.75 Å². The molecule has 0 spiro atoms. The number of nitrogens with one attached hydrogen (secondary N) is 1. The van der Waals surface area contributed by atoms with Crippen molar-refractivity contribution in [2.75, 3.05) is 12.4 Å². The Morgan fingerprint density at radius 3 is 2.30 bits per heavy atom. The predicted molar refractivity (Wildman–Crippen MR) is 114 cm³/mol. The third-order valence-electron chi connectivity index (χ3n) is 4.23. The van der Waals surface area contributed by atoms with E-state index in [1.165, 1.54) is 37.4 Å². The van der Waals surface area contributed by atoms with E-state index in [4.69, 9.17) is 27.9 Å². The molecule has 0 aliphatic heterocycles. The van der Waals surface area contributed by atoms with Crippen molar-refractivity contribution in [1.82, 2.24) is 0 Å². The molecule has 1 N–H and O–H groups in total. The van der Waals surface area contributed by atoms with Crippen molar-refractivity contribution in [2.24, 2.45) is 0 Å². The lowest BCUT2D eigenvalue weighted by atomic mass is 9.97. The normalized spacial score (nSPS) is 10.4. The summed E-state index contributed by atoms with van der Waals surface area (Å²) in [5, 5.41) is 14.0. The Labute approximate surface area is 181 Å². The summed E-state index contributed by atoms with van der Waals surface area (Å²) in [4.78, 5) is 36.2. The molecule has 7 nitrogen and oxygen atoms in total. The summed E-state index contributed by atoms with van der Waals surface area (Å²) in [6.45, 7) is 0. The Bertz CT molecular complexity index is 1160. The smallest absolute Gasteiger partial charge is 0.288 e. The molecule has 0 saturated carbocycles. The number of carbonyl (C=O) groups is 2.